The van der Waals surface area contributed by atoms with E-state index in [2.05, 4.69) is 18.6 Å². The summed E-state index contributed by atoms with van der Waals surface area (Å²) >= 11 is 0. The highest BCUT2D eigenvalue weighted by Crippen LogP contribution is 2.60. The molecule has 0 saturated heterocycles. The van der Waals surface area contributed by atoms with Crippen molar-refractivity contribution in [3.8, 4) is 0 Å². The van der Waals surface area contributed by atoms with E-state index in [0.29, 0.717) is 36.4 Å². The van der Waals surface area contributed by atoms with Crippen molar-refractivity contribution in [1.29, 1.82) is 0 Å². The third-order valence-electron chi connectivity index (χ3n) is 27.5. The summed E-state index contributed by atoms with van der Waals surface area (Å²) in [6.07, 6.45) is 30.9. The van der Waals surface area contributed by atoms with Crippen molar-refractivity contribution in [3.63, 3.8) is 0 Å². The van der Waals surface area contributed by atoms with Crippen LogP contribution in [0.1, 0.15) is 526 Å². The van der Waals surface area contributed by atoms with Crippen LogP contribution in [0.15, 0.2) is 0 Å². The van der Waals surface area contributed by atoms with E-state index in [0.717, 1.165) is 127 Å². The van der Waals surface area contributed by atoms with Gasteiger partial charge in [-0.3, -0.25) is 38.4 Å². The lowest BCUT2D eigenvalue weighted by atomic mass is 9.50. The first-order valence-electron chi connectivity index (χ1n) is 49.3. The van der Waals surface area contributed by atoms with Crippen LogP contribution in [0, 0.1) is 102 Å². The molecule has 7 atom stereocenters. The third-order valence-corrected chi connectivity index (χ3v) is 27.5. The summed E-state index contributed by atoms with van der Waals surface area (Å²) < 4.78 is 85.0. The second-order valence-corrected chi connectivity index (χ2v) is 41.6. The zero-order valence-electron chi connectivity index (χ0n) is 87.8. The second-order valence-electron chi connectivity index (χ2n) is 41.6. The predicted molar refractivity (Wildman–Crippen MR) is 611 cm³/mol. The number of methoxy groups -OCH3 is 5. The van der Waals surface area contributed by atoms with Gasteiger partial charge in [-0.2, -0.15) is 0 Å². The molecule has 4 bridgehead atoms. The summed E-state index contributed by atoms with van der Waals surface area (Å²) in [6.45, 7) is 62.4. The van der Waals surface area contributed by atoms with Crippen molar-refractivity contribution < 1.29 is 114 Å². The fourth-order valence-corrected chi connectivity index (χ4v) is 15.2. The minimum Gasteiger partial charge on any atom is -0.438 e. The number of rotatable bonds is 44. The third kappa shape index (κ3) is 68.1. The summed E-state index contributed by atoms with van der Waals surface area (Å²) in [5, 5.41) is 0. The second kappa shape index (κ2) is 92.4. The van der Waals surface area contributed by atoms with Gasteiger partial charge in [-0.15, -0.1) is 0 Å². The molecule has 7 aliphatic carbocycles. The molecule has 0 spiro atoms. The molecule has 0 aromatic carbocycles. The number of carbonyl (C=O) groups is 8. The molecule has 0 aromatic rings. The lowest BCUT2D eigenvalue weighted by molar-refractivity contribution is -0.202. The standard InChI is InChI=1S/C17H28O3.C15H28O3.C14H26O3.C13H24O3.C13H26O3.C12H24O3.C11H22O3.C8H16O3.16CH4/c1-3-12(2)16(18)20-11-19-10-17-7-13-4-14(8-17)6-15(5-13)9-17;1-5-15(3,4)14(16)18-13(17-6-2)12-10-8-7-9-11-12;1-5-14(2,3)13(15)17-12(16-4)11-9-7-6-8-10-11;1-5-13(2,3)12(14)16-11(15-4)10-8-6-7-9-10;1-7-10(8-2)11(15-6)16-12(14)13(4,5)9-3;1-7-12(5,6)11(13)15-10(9(3)4)14-8-2;1-7-11(4,5)10(12)14-9(13-6)8(2)3;1-5-8(2,3)7(9)11-6-10-4;;;;;;;;;;;;;;;;/h12-15H,3-11H2,1-2H3;12-13H,5-11H2,1-4H3;11-12H,5-10H2,1-4H3;10-11H,5-9H2,1-4H3;10-11H,7-9H2,1-6H3;9-10H,7-8H2,1-6H3;8-9H,7H2,1-6H3;5-6H2,1-4H3;16*1H4. The Bertz CT molecular complexity index is 2900. The number of esters is 8. The first-order valence-corrected chi connectivity index (χ1v) is 49.3. The van der Waals surface area contributed by atoms with Gasteiger partial charge in [-0.25, -0.2) is 0 Å². The fraction of sp³-hybridized carbons (Fsp3) is 0.933. The molecule has 0 amide bonds. The Morgan fingerprint density at radius 1 is 0.294 bits per heavy atom. The van der Waals surface area contributed by atoms with E-state index in [1.807, 2.05) is 201 Å². The molecule has 7 unspecified atom stereocenters. The van der Waals surface area contributed by atoms with Crippen LogP contribution in [0.5, 0.6) is 0 Å². The molecular weight excluding hydrogens is 1810 g/mol. The number of ether oxygens (including phenoxy) is 16. The van der Waals surface area contributed by atoms with Crippen molar-refractivity contribution in [2.45, 2.75) is 564 Å². The average molecular weight is 2070 g/mol. The van der Waals surface area contributed by atoms with Gasteiger partial charge in [0.2, 0.25) is 37.7 Å². The van der Waals surface area contributed by atoms with Gasteiger partial charge in [-0.1, -0.05) is 274 Å². The lowest BCUT2D eigenvalue weighted by Crippen LogP contribution is -2.48. The zero-order valence-corrected chi connectivity index (χ0v) is 87.8. The quantitative estimate of drug-likeness (QED) is 0.0237. The van der Waals surface area contributed by atoms with E-state index in [1.54, 1.807) is 28.4 Å². The van der Waals surface area contributed by atoms with Crippen LogP contribution < -0.4 is 0 Å². The van der Waals surface area contributed by atoms with Gasteiger partial charge in [0.05, 0.1) is 50.4 Å². The lowest BCUT2D eigenvalue weighted by Gasteiger charge is -2.56. The predicted octanol–water partition coefficient (Wildman–Crippen LogP) is 35.0. The van der Waals surface area contributed by atoms with E-state index >= 15 is 0 Å². The van der Waals surface area contributed by atoms with Crippen molar-refractivity contribution in [2.24, 2.45) is 102 Å². The largest absolute Gasteiger partial charge is 0.438 e. The van der Waals surface area contributed by atoms with E-state index in [4.69, 9.17) is 71.1 Å². The number of hydrogen-bond acceptors (Lipinski definition) is 24. The zero-order chi connectivity index (χ0) is 97.9. The van der Waals surface area contributed by atoms with Crippen LogP contribution in [-0.4, -0.2) is 154 Å². The monoisotopic (exact) mass is 2070 g/mol. The van der Waals surface area contributed by atoms with E-state index in [1.165, 1.54) is 97.0 Å². The molecule has 24 heteroatoms. The minimum absolute atomic E-state index is 0. The van der Waals surface area contributed by atoms with E-state index in [9.17, 15) is 38.4 Å². The van der Waals surface area contributed by atoms with Crippen molar-refractivity contribution in [3.05, 3.63) is 0 Å². The topological polar surface area (TPSA) is 284 Å². The van der Waals surface area contributed by atoms with Crippen LogP contribution in [0.4, 0.5) is 0 Å². The molecule has 7 rings (SSSR count). The Labute approximate surface area is 892 Å². The molecule has 24 nitrogen and oxygen atoms in total. The van der Waals surface area contributed by atoms with Gasteiger partial charge < -0.3 is 75.8 Å². The normalized spacial score (nSPS) is 17.9. The van der Waals surface area contributed by atoms with Crippen LogP contribution in [0.3, 0.4) is 0 Å². The van der Waals surface area contributed by atoms with Crippen molar-refractivity contribution in [1.82, 2.24) is 0 Å². The molecule has 878 valence electrons. The molecule has 7 aliphatic rings. The Hall–Kier alpha value is -4.56. The molecule has 7 saturated carbocycles. The highest BCUT2D eigenvalue weighted by molar-refractivity contribution is 5.78. The summed E-state index contributed by atoms with van der Waals surface area (Å²) in [5.74, 6) is 3.33. The van der Waals surface area contributed by atoms with Gasteiger partial charge >= 0.3 is 47.8 Å². The maximum Gasteiger partial charge on any atom is 0.313 e. The van der Waals surface area contributed by atoms with Crippen LogP contribution in [0.2, 0.25) is 0 Å². The van der Waals surface area contributed by atoms with Gasteiger partial charge in [0.25, 0.3) is 0 Å². The summed E-state index contributed by atoms with van der Waals surface area (Å²) in [7, 11) is 7.89. The number of hydrogen-bond donors (Lipinski definition) is 0. The molecule has 143 heavy (non-hydrogen) atoms. The maximum absolute atomic E-state index is 12.1. The van der Waals surface area contributed by atoms with Gasteiger partial charge in [0, 0.05) is 84.3 Å². The average Bonchev–Trinajstić information content (AvgIpc) is 1.24. The molecular formula is C119H258O24. The molecule has 0 radical (unpaired) electrons. The summed E-state index contributed by atoms with van der Waals surface area (Å²) in [4.78, 5) is 94.1. The molecule has 0 aromatic heterocycles. The van der Waals surface area contributed by atoms with Crippen LogP contribution in [0.25, 0.3) is 0 Å². The first-order chi connectivity index (χ1) is 59.3. The Morgan fingerprint density at radius 2 is 0.552 bits per heavy atom. The molecule has 0 aliphatic heterocycles. The van der Waals surface area contributed by atoms with Crippen LogP contribution in [-0.2, 0) is 114 Å². The first kappa shape index (κ1) is 180. The molecule has 0 N–H and O–H groups in total. The maximum atomic E-state index is 12.1. The highest BCUT2D eigenvalue weighted by Gasteiger charge is 2.51. The Kier molecular flexibility index (Phi) is 116. The van der Waals surface area contributed by atoms with Crippen molar-refractivity contribution in [2.75, 3.05) is 69.0 Å². The summed E-state index contributed by atoms with van der Waals surface area (Å²) in [5.41, 5.74) is -2.49. The SMILES string of the molecule is C.C.C.C.C.C.C.C.C.C.C.C.C.C.C.C.CCC(C)(C)C(=O)OC(OC)C(C)C.CCC(C)(C)C(=O)OC(OC)C1CCCC1.CCC(C)(C)C(=O)OC(OC)C1CCCCC1.CCC(C)(C)C(=O)OCOC.CCC(C)C(=O)OCOCC12CC3CC(CC(C3)C1)C2.CCC(CC)C(OC)OC(=O)C(C)(C)CC.CCOC(OC(=O)C(C)(C)CC)C(C)C.CCOC(OC(=O)C(C)(C)CC)C1CCCCC1. The van der Waals surface area contributed by atoms with Crippen molar-refractivity contribution >= 4 is 47.8 Å². The molecule has 0 heterocycles. The number of carbonyl (C=O) groups excluding carboxylic acids is 8. The van der Waals surface area contributed by atoms with E-state index < -0.39 is 56.8 Å². The van der Waals surface area contributed by atoms with Gasteiger partial charge in [0.1, 0.15) is 0 Å². The highest BCUT2D eigenvalue weighted by atomic mass is 16.7. The van der Waals surface area contributed by atoms with Crippen LogP contribution >= 0.6 is 0 Å². The Morgan fingerprint density at radius 3 is 0.804 bits per heavy atom. The fourth-order valence-electron chi connectivity index (χ4n) is 15.2. The smallest absolute Gasteiger partial charge is 0.313 e. The van der Waals surface area contributed by atoms with Gasteiger partial charge in [0.15, 0.2) is 13.6 Å². The Balaban J connectivity index is -0.0000000772. The minimum atomic E-state index is -0.437. The van der Waals surface area contributed by atoms with E-state index in [-0.39, 0.29) is 223 Å². The van der Waals surface area contributed by atoms with Gasteiger partial charge in [-0.05, 0) is 275 Å². The molecule has 7 fully saturated rings. The summed E-state index contributed by atoms with van der Waals surface area (Å²) in [6, 6.07) is 0.